The monoisotopic (exact) mass is 130 g/mol. The summed E-state index contributed by atoms with van der Waals surface area (Å²) in [6.45, 7) is 0.377. The molecule has 0 aliphatic carbocycles. The zero-order chi connectivity index (χ0) is 5.98. The molecule has 0 unspecified atom stereocenters. The molecule has 1 heterocycles. The van der Waals surface area contributed by atoms with E-state index in [4.69, 9.17) is 11.5 Å². The van der Waals surface area contributed by atoms with Crippen molar-refractivity contribution in [2.45, 2.75) is 6.54 Å². The van der Waals surface area contributed by atoms with E-state index >= 15 is 0 Å². The molecule has 0 radical (unpaired) electrons. The number of hydrogen-bond donors (Lipinski definition) is 2. The summed E-state index contributed by atoms with van der Waals surface area (Å²) in [4.78, 5) is 0. The summed E-state index contributed by atoms with van der Waals surface area (Å²) in [6.07, 6.45) is 0. The van der Waals surface area contributed by atoms with Gasteiger partial charge in [0.1, 0.15) is 10.7 Å². The number of anilines is 1. The third kappa shape index (κ3) is 0.775. The second-order valence-electron chi connectivity index (χ2n) is 1.29. The first-order valence-corrected chi connectivity index (χ1v) is 2.88. The van der Waals surface area contributed by atoms with E-state index in [0.29, 0.717) is 17.2 Å². The van der Waals surface area contributed by atoms with Crippen LogP contribution in [0.3, 0.4) is 0 Å². The minimum absolute atomic E-state index is 0.377. The summed E-state index contributed by atoms with van der Waals surface area (Å²) < 4.78 is 3.58. The predicted molar refractivity (Wildman–Crippen MR) is 32.2 cm³/mol. The second-order valence-corrected chi connectivity index (χ2v) is 2.07. The summed E-state index contributed by atoms with van der Waals surface area (Å²) >= 11 is 1.17. The van der Waals surface area contributed by atoms with Crippen molar-refractivity contribution >= 4 is 16.5 Å². The molecule has 0 fully saturated rings. The van der Waals surface area contributed by atoms with Gasteiger partial charge >= 0.3 is 0 Å². The minimum Gasteiger partial charge on any atom is -0.388 e. The largest absolute Gasteiger partial charge is 0.388 e. The Labute approximate surface area is 50.7 Å². The molecule has 1 aromatic rings. The molecule has 0 saturated carbocycles. The van der Waals surface area contributed by atoms with E-state index < -0.39 is 0 Å². The summed E-state index contributed by atoms with van der Waals surface area (Å²) in [6, 6.07) is 0. The Bertz CT molecular complexity index is 172. The van der Waals surface area contributed by atoms with Crippen molar-refractivity contribution in [1.29, 1.82) is 0 Å². The zero-order valence-electron chi connectivity index (χ0n) is 4.16. The highest BCUT2D eigenvalue weighted by Crippen LogP contribution is 2.09. The first-order chi connectivity index (χ1) is 3.84. The van der Waals surface area contributed by atoms with Crippen molar-refractivity contribution in [2.75, 3.05) is 5.73 Å². The van der Waals surface area contributed by atoms with Crippen LogP contribution in [0.15, 0.2) is 0 Å². The van der Waals surface area contributed by atoms with Gasteiger partial charge < -0.3 is 11.5 Å². The Balaban J connectivity index is 2.92. The van der Waals surface area contributed by atoms with Gasteiger partial charge in [-0.1, -0.05) is 4.49 Å². The van der Waals surface area contributed by atoms with Crippen molar-refractivity contribution in [3.8, 4) is 0 Å². The Morgan fingerprint density at radius 3 is 2.62 bits per heavy atom. The molecule has 0 amide bonds. The van der Waals surface area contributed by atoms with Gasteiger partial charge in [-0.25, -0.2) is 0 Å². The Morgan fingerprint density at radius 1 is 1.62 bits per heavy atom. The molecule has 5 heteroatoms. The highest BCUT2D eigenvalue weighted by atomic mass is 32.1. The topological polar surface area (TPSA) is 77.8 Å². The highest BCUT2D eigenvalue weighted by Gasteiger charge is 1.97. The Morgan fingerprint density at radius 2 is 2.38 bits per heavy atom. The molecule has 8 heavy (non-hydrogen) atoms. The van der Waals surface area contributed by atoms with Gasteiger partial charge in [-0.05, 0) is 0 Å². The van der Waals surface area contributed by atoms with Crippen LogP contribution < -0.4 is 11.5 Å². The van der Waals surface area contributed by atoms with Crippen LogP contribution in [0.25, 0.3) is 0 Å². The molecule has 0 bridgehead atoms. The lowest BCUT2D eigenvalue weighted by Gasteiger charge is -1.84. The molecule has 0 atom stereocenters. The van der Waals surface area contributed by atoms with Crippen LogP contribution in [-0.4, -0.2) is 9.59 Å². The molecule has 4 N–H and O–H groups in total. The van der Waals surface area contributed by atoms with Crippen LogP contribution in [0, 0.1) is 0 Å². The summed E-state index contributed by atoms with van der Waals surface area (Å²) in [7, 11) is 0. The van der Waals surface area contributed by atoms with Gasteiger partial charge in [0, 0.05) is 18.1 Å². The number of aromatic nitrogens is 2. The number of nitrogens with two attached hydrogens (primary N) is 2. The number of nitrogen functional groups attached to an aromatic ring is 1. The van der Waals surface area contributed by atoms with Crippen LogP contribution in [-0.2, 0) is 6.54 Å². The van der Waals surface area contributed by atoms with Crippen molar-refractivity contribution in [2.24, 2.45) is 5.73 Å². The first kappa shape index (κ1) is 5.46. The normalized spacial score (nSPS) is 9.62. The van der Waals surface area contributed by atoms with Crippen molar-refractivity contribution < 1.29 is 0 Å². The van der Waals surface area contributed by atoms with E-state index in [9.17, 15) is 0 Å². The van der Waals surface area contributed by atoms with Gasteiger partial charge in [-0.2, -0.15) is 0 Å². The molecule has 1 rings (SSSR count). The fraction of sp³-hybridized carbons (Fsp3) is 0.333. The van der Waals surface area contributed by atoms with Crippen molar-refractivity contribution in [3.05, 3.63) is 5.69 Å². The number of hydrogen-bond acceptors (Lipinski definition) is 5. The second kappa shape index (κ2) is 2.06. The van der Waals surface area contributed by atoms with E-state index in [-0.39, 0.29) is 0 Å². The molecule has 0 spiro atoms. The van der Waals surface area contributed by atoms with Crippen LogP contribution in [0.1, 0.15) is 5.69 Å². The van der Waals surface area contributed by atoms with Crippen LogP contribution in [0.5, 0.6) is 0 Å². The third-order valence-electron chi connectivity index (χ3n) is 0.778. The molecule has 0 aliphatic rings. The maximum absolute atomic E-state index is 5.36. The van der Waals surface area contributed by atoms with Gasteiger partial charge in [0.05, 0.1) is 0 Å². The lowest BCUT2D eigenvalue weighted by Crippen LogP contribution is -1.99. The van der Waals surface area contributed by atoms with Gasteiger partial charge in [-0.15, -0.1) is 5.10 Å². The van der Waals surface area contributed by atoms with E-state index in [1.807, 2.05) is 0 Å². The molecule has 1 aromatic heterocycles. The van der Waals surface area contributed by atoms with E-state index in [0.717, 1.165) is 0 Å². The van der Waals surface area contributed by atoms with E-state index in [1.165, 1.54) is 11.5 Å². The van der Waals surface area contributed by atoms with Crippen LogP contribution in [0.2, 0.25) is 0 Å². The van der Waals surface area contributed by atoms with E-state index in [1.54, 1.807) is 0 Å². The quantitative estimate of drug-likeness (QED) is 0.541. The van der Waals surface area contributed by atoms with E-state index in [2.05, 4.69) is 9.59 Å². The van der Waals surface area contributed by atoms with Crippen molar-refractivity contribution in [3.63, 3.8) is 0 Å². The summed E-state index contributed by atoms with van der Waals surface area (Å²) in [5.41, 5.74) is 11.3. The number of rotatable bonds is 1. The molecule has 0 saturated heterocycles. The van der Waals surface area contributed by atoms with Gasteiger partial charge in [0.2, 0.25) is 0 Å². The summed E-state index contributed by atoms with van der Waals surface area (Å²) in [5, 5.41) is 4.27. The number of nitrogens with zero attached hydrogens (tertiary/aromatic N) is 2. The zero-order valence-corrected chi connectivity index (χ0v) is 4.98. The third-order valence-corrected chi connectivity index (χ3v) is 1.37. The fourth-order valence-electron chi connectivity index (χ4n) is 0.357. The van der Waals surface area contributed by atoms with Gasteiger partial charge in [-0.3, -0.25) is 0 Å². The van der Waals surface area contributed by atoms with Crippen LogP contribution in [0.4, 0.5) is 5.00 Å². The van der Waals surface area contributed by atoms with Gasteiger partial charge in [0.25, 0.3) is 0 Å². The van der Waals surface area contributed by atoms with Gasteiger partial charge in [0.15, 0.2) is 0 Å². The van der Waals surface area contributed by atoms with Crippen LogP contribution >= 0.6 is 11.5 Å². The highest BCUT2D eigenvalue weighted by molar-refractivity contribution is 7.09. The molecule has 0 aliphatic heterocycles. The van der Waals surface area contributed by atoms with Crippen molar-refractivity contribution in [1.82, 2.24) is 9.59 Å². The lowest BCUT2D eigenvalue weighted by atomic mass is 10.5. The SMILES string of the molecule is NCc1nnsc1N. The molecule has 44 valence electrons. The molecule has 0 aromatic carbocycles. The molecular formula is C3H6N4S. The molecular weight excluding hydrogens is 124 g/mol. The predicted octanol–water partition coefficient (Wildman–Crippen LogP) is -0.421. The lowest BCUT2D eigenvalue weighted by molar-refractivity contribution is 0.961. The maximum atomic E-state index is 5.36. The maximum Gasteiger partial charge on any atom is 0.132 e. The average molecular weight is 130 g/mol. The first-order valence-electron chi connectivity index (χ1n) is 2.11. The summed E-state index contributed by atoms with van der Waals surface area (Å²) in [5.74, 6) is 0. The average Bonchev–Trinajstić information content (AvgIpc) is 2.14. The fourth-order valence-corrected chi connectivity index (χ4v) is 0.814. The standard InChI is InChI=1S/C3H6N4S/c4-1-2-3(5)8-7-6-2/h1,4-5H2. The molecule has 4 nitrogen and oxygen atoms in total. The minimum atomic E-state index is 0.377. The Hall–Kier alpha value is -0.680. The smallest absolute Gasteiger partial charge is 0.132 e. The Kier molecular flexibility index (Phi) is 1.40.